The number of pyridine rings is 1. The molecular formula is C27H28ClN5O5. The van der Waals surface area contributed by atoms with Crippen molar-refractivity contribution < 1.29 is 24.5 Å². The predicted octanol–water partition coefficient (Wildman–Crippen LogP) is 3.63. The highest BCUT2D eigenvalue weighted by Crippen LogP contribution is 2.34. The number of anilines is 2. The Balaban J connectivity index is 1.47. The molecule has 2 atom stereocenters. The summed E-state index contributed by atoms with van der Waals surface area (Å²) in [7, 11) is 0. The quantitative estimate of drug-likeness (QED) is 0.213. The summed E-state index contributed by atoms with van der Waals surface area (Å²) in [6, 6.07) is 16.4. The fourth-order valence-corrected chi connectivity index (χ4v) is 3.85. The first kappa shape index (κ1) is 27.1. The van der Waals surface area contributed by atoms with E-state index in [0.717, 1.165) is 5.69 Å². The zero-order valence-electron chi connectivity index (χ0n) is 20.7. The maximum atomic E-state index is 11.9. The molecule has 0 saturated carbocycles. The molecule has 0 fully saturated rings. The van der Waals surface area contributed by atoms with Gasteiger partial charge in [-0.3, -0.25) is 9.78 Å². The van der Waals surface area contributed by atoms with E-state index >= 15 is 0 Å². The number of fused-ring (bicyclic) bond motifs is 1. The first-order chi connectivity index (χ1) is 18.4. The standard InChI is InChI=1S/C27H28ClN5O5/c1-17(14-30-27(36)22(35)10-12-34)38-24-7-4-6-21-25(24)26(32-16-31-21)33-18-8-9-23(20(28)13-18)37-15-19-5-2-3-11-29-19/h2-9,11,13,16-17,22,34-35H,10,12,14-15H2,1H3,(H,30,36)(H,31,32,33)/t17-,22+/m1/s1. The van der Waals surface area contributed by atoms with Crippen LogP contribution >= 0.6 is 11.6 Å². The van der Waals surface area contributed by atoms with E-state index in [4.69, 9.17) is 26.2 Å². The third-order valence-corrected chi connectivity index (χ3v) is 5.81. The maximum Gasteiger partial charge on any atom is 0.249 e. The molecule has 0 aliphatic rings. The van der Waals surface area contributed by atoms with Crippen LogP contribution in [-0.2, 0) is 11.4 Å². The lowest BCUT2D eigenvalue weighted by molar-refractivity contribution is -0.130. The number of carbonyl (C=O) groups is 1. The van der Waals surface area contributed by atoms with Gasteiger partial charge in [-0.25, -0.2) is 9.97 Å². The van der Waals surface area contributed by atoms with Gasteiger partial charge in [-0.05, 0) is 49.4 Å². The summed E-state index contributed by atoms with van der Waals surface area (Å²) >= 11 is 6.47. The van der Waals surface area contributed by atoms with Crippen LogP contribution in [0.4, 0.5) is 11.5 Å². The Morgan fingerprint density at radius 1 is 1.08 bits per heavy atom. The van der Waals surface area contributed by atoms with Gasteiger partial charge in [0, 0.05) is 24.9 Å². The Kier molecular flexibility index (Phi) is 9.26. The number of carbonyl (C=O) groups excluding carboxylic acids is 1. The molecule has 4 rings (SSSR count). The molecule has 2 aromatic carbocycles. The Bertz CT molecular complexity index is 1370. The Morgan fingerprint density at radius 2 is 1.95 bits per heavy atom. The van der Waals surface area contributed by atoms with Crippen molar-refractivity contribution >= 4 is 39.9 Å². The monoisotopic (exact) mass is 537 g/mol. The zero-order chi connectivity index (χ0) is 26.9. The van der Waals surface area contributed by atoms with Crippen molar-refractivity contribution in [2.24, 2.45) is 0 Å². The van der Waals surface area contributed by atoms with Crippen molar-refractivity contribution in [2.75, 3.05) is 18.5 Å². The van der Waals surface area contributed by atoms with Crippen molar-refractivity contribution in [1.29, 1.82) is 0 Å². The molecule has 0 bridgehead atoms. The number of hydrogen-bond acceptors (Lipinski definition) is 9. The van der Waals surface area contributed by atoms with Crippen LogP contribution in [0.3, 0.4) is 0 Å². The Hall–Kier alpha value is -3.99. The second-order valence-electron chi connectivity index (χ2n) is 8.45. The van der Waals surface area contributed by atoms with Gasteiger partial charge in [0.2, 0.25) is 5.91 Å². The first-order valence-electron chi connectivity index (χ1n) is 12.0. The molecule has 4 N–H and O–H groups in total. The summed E-state index contributed by atoms with van der Waals surface area (Å²) in [6.45, 7) is 1.96. The summed E-state index contributed by atoms with van der Waals surface area (Å²) in [4.78, 5) is 24.9. The number of rotatable bonds is 12. The number of nitrogens with zero attached hydrogens (tertiary/aromatic N) is 3. The van der Waals surface area contributed by atoms with Crippen LogP contribution in [0.25, 0.3) is 10.9 Å². The maximum absolute atomic E-state index is 11.9. The molecule has 38 heavy (non-hydrogen) atoms. The number of halogens is 1. The minimum Gasteiger partial charge on any atom is -0.488 e. The van der Waals surface area contributed by atoms with E-state index in [9.17, 15) is 9.90 Å². The number of ether oxygens (including phenoxy) is 2. The number of amides is 1. The highest BCUT2D eigenvalue weighted by atomic mass is 35.5. The van der Waals surface area contributed by atoms with Crippen molar-refractivity contribution in [3.63, 3.8) is 0 Å². The number of hydrogen-bond donors (Lipinski definition) is 4. The molecule has 0 unspecified atom stereocenters. The molecule has 2 aromatic heterocycles. The number of nitrogens with one attached hydrogen (secondary N) is 2. The topological polar surface area (TPSA) is 139 Å². The second kappa shape index (κ2) is 13.0. The van der Waals surface area contributed by atoms with Crippen molar-refractivity contribution in [3.05, 3.63) is 77.8 Å². The molecule has 0 aliphatic carbocycles. The van der Waals surface area contributed by atoms with E-state index in [1.807, 2.05) is 36.4 Å². The van der Waals surface area contributed by atoms with Crippen molar-refractivity contribution in [3.8, 4) is 11.5 Å². The summed E-state index contributed by atoms with van der Waals surface area (Å²) in [5.74, 6) is 0.991. The molecule has 0 radical (unpaired) electrons. The van der Waals surface area contributed by atoms with Crippen LogP contribution in [-0.4, -0.2) is 56.4 Å². The minimum absolute atomic E-state index is 0.0296. The molecular weight excluding hydrogens is 510 g/mol. The van der Waals surface area contributed by atoms with Gasteiger partial charge >= 0.3 is 0 Å². The average molecular weight is 538 g/mol. The van der Waals surface area contributed by atoms with Gasteiger partial charge in [0.1, 0.15) is 42.5 Å². The number of aliphatic hydroxyl groups is 2. The lowest BCUT2D eigenvalue weighted by Gasteiger charge is -2.19. The molecule has 0 saturated heterocycles. The average Bonchev–Trinajstić information content (AvgIpc) is 2.92. The van der Waals surface area contributed by atoms with Crippen LogP contribution in [0.15, 0.2) is 67.1 Å². The van der Waals surface area contributed by atoms with E-state index in [1.54, 1.807) is 31.3 Å². The van der Waals surface area contributed by atoms with Gasteiger partial charge in [-0.2, -0.15) is 0 Å². The fraction of sp³-hybridized carbons (Fsp3) is 0.259. The van der Waals surface area contributed by atoms with E-state index in [-0.39, 0.29) is 19.6 Å². The normalized spacial score (nSPS) is 12.5. The number of aliphatic hydroxyl groups excluding tert-OH is 2. The van der Waals surface area contributed by atoms with E-state index in [0.29, 0.717) is 45.5 Å². The first-order valence-corrected chi connectivity index (χ1v) is 12.4. The van der Waals surface area contributed by atoms with Gasteiger partial charge in [0.15, 0.2) is 0 Å². The summed E-state index contributed by atoms with van der Waals surface area (Å²) in [5, 5.41) is 25.6. The molecule has 11 heteroatoms. The number of benzene rings is 2. The van der Waals surface area contributed by atoms with Crippen LogP contribution in [0, 0.1) is 0 Å². The highest BCUT2D eigenvalue weighted by Gasteiger charge is 2.17. The van der Waals surface area contributed by atoms with Crippen molar-refractivity contribution in [2.45, 2.75) is 32.2 Å². The molecule has 198 valence electrons. The Morgan fingerprint density at radius 3 is 2.71 bits per heavy atom. The SMILES string of the molecule is C[C@H](CNC(=O)[C@@H](O)CCO)Oc1cccc2ncnc(Nc3ccc(OCc4ccccn4)c(Cl)c3)c12. The van der Waals surface area contributed by atoms with E-state index in [2.05, 4.69) is 25.6 Å². The third kappa shape index (κ3) is 7.06. The zero-order valence-corrected chi connectivity index (χ0v) is 21.4. The highest BCUT2D eigenvalue weighted by molar-refractivity contribution is 6.32. The van der Waals surface area contributed by atoms with Crippen molar-refractivity contribution in [1.82, 2.24) is 20.3 Å². The fourth-order valence-electron chi connectivity index (χ4n) is 3.61. The molecule has 10 nitrogen and oxygen atoms in total. The molecule has 0 spiro atoms. The molecule has 2 heterocycles. The second-order valence-corrected chi connectivity index (χ2v) is 8.86. The lowest BCUT2D eigenvalue weighted by atomic mass is 10.2. The van der Waals surface area contributed by atoms with E-state index < -0.39 is 18.1 Å². The van der Waals surface area contributed by atoms with Crippen LogP contribution < -0.4 is 20.1 Å². The minimum atomic E-state index is -1.27. The van der Waals surface area contributed by atoms with Gasteiger partial charge in [0.05, 0.1) is 28.2 Å². The molecule has 1 amide bonds. The molecule has 4 aromatic rings. The van der Waals surface area contributed by atoms with Crippen LogP contribution in [0.1, 0.15) is 19.0 Å². The summed E-state index contributed by atoms with van der Waals surface area (Å²) < 4.78 is 11.9. The summed E-state index contributed by atoms with van der Waals surface area (Å²) in [5.41, 5.74) is 2.14. The third-order valence-electron chi connectivity index (χ3n) is 5.52. The van der Waals surface area contributed by atoms with Gasteiger partial charge in [0.25, 0.3) is 0 Å². The van der Waals surface area contributed by atoms with Gasteiger partial charge in [-0.15, -0.1) is 0 Å². The molecule has 0 aliphatic heterocycles. The predicted molar refractivity (Wildman–Crippen MR) is 144 cm³/mol. The van der Waals surface area contributed by atoms with Crippen LogP contribution in [0.2, 0.25) is 5.02 Å². The van der Waals surface area contributed by atoms with Gasteiger partial charge in [-0.1, -0.05) is 23.7 Å². The Labute approximate surface area is 224 Å². The lowest BCUT2D eigenvalue weighted by Crippen LogP contribution is -2.40. The van der Waals surface area contributed by atoms with Crippen LogP contribution in [0.5, 0.6) is 11.5 Å². The van der Waals surface area contributed by atoms with E-state index in [1.165, 1.54) is 6.33 Å². The number of aromatic nitrogens is 3. The summed E-state index contributed by atoms with van der Waals surface area (Å²) in [6.07, 6.45) is 1.43. The smallest absolute Gasteiger partial charge is 0.249 e. The largest absolute Gasteiger partial charge is 0.488 e. The van der Waals surface area contributed by atoms with Gasteiger partial charge < -0.3 is 30.3 Å².